The second kappa shape index (κ2) is 3.87. The molecule has 1 aliphatic heterocycles. The molecule has 1 heterocycles. The first-order chi connectivity index (χ1) is 6.02. The second-order valence-corrected chi connectivity index (χ2v) is 3.58. The van der Waals surface area contributed by atoms with Crippen LogP contribution in [-0.4, -0.2) is 40.9 Å². The molecule has 0 radical (unpaired) electrons. The molecule has 2 atom stereocenters. The summed E-state index contributed by atoms with van der Waals surface area (Å²) in [5, 5.41) is 9.05. The van der Waals surface area contributed by atoms with E-state index < -0.39 is 6.10 Å². The number of likely N-dealkylation sites (tertiary alicyclic amines) is 1. The summed E-state index contributed by atoms with van der Waals surface area (Å²) < 4.78 is 0. The van der Waals surface area contributed by atoms with Crippen LogP contribution in [0.1, 0.15) is 20.3 Å². The van der Waals surface area contributed by atoms with Gasteiger partial charge in [0.15, 0.2) is 0 Å². The fourth-order valence-corrected chi connectivity index (χ4v) is 1.48. The summed E-state index contributed by atoms with van der Waals surface area (Å²) in [5.74, 6) is -0.162. The smallest absolute Gasteiger partial charge is 0.251 e. The van der Waals surface area contributed by atoms with Crippen molar-refractivity contribution in [3.05, 3.63) is 0 Å². The minimum atomic E-state index is -0.958. The van der Waals surface area contributed by atoms with Gasteiger partial charge in [-0.2, -0.15) is 0 Å². The van der Waals surface area contributed by atoms with E-state index in [0.717, 1.165) is 0 Å². The topological polar surface area (TPSA) is 57.6 Å². The zero-order valence-electron chi connectivity index (χ0n) is 7.99. The highest BCUT2D eigenvalue weighted by Gasteiger charge is 2.28. The van der Waals surface area contributed by atoms with Crippen LogP contribution in [0.15, 0.2) is 0 Å². The normalized spacial score (nSPS) is 25.9. The van der Waals surface area contributed by atoms with Gasteiger partial charge in [-0.1, -0.05) is 6.92 Å². The molecular weight excluding hydrogens is 170 g/mol. The Hall–Kier alpha value is -0.900. The number of ketones is 1. The summed E-state index contributed by atoms with van der Waals surface area (Å²) in [5.41, 5.74) is 0. The van der Waals surface area contributed by atoms with E-state index in [0.29, 0.717) is 19.5 Å². The Bertz CT molecular complexity index is 225. The number of rotatable bonds is 1. The summed E-state index contributed by atoms with van der Waals surface area (Å²) in [7, 11) is 0. The lowest BCUT2D eigenvalue weighted by molar-refractivity contribution is -0.143. The van der Waals surface area contributed by atoms with Gasteiger partial charge in [0, 0.05) is 25.4 Å². The maximum Gasteiger partial charge on any atom is 0.251 e. The summed E-state index contributed by atoms with van der Waals surface area (Å²) in [6.07, 6.45) is -0.542. The van der Waals surface area contributed by atoms with E-state index in [1.165, 1.54) is 6.92 Å². The van der Waals surface area contributed by atoms with Gasteiger partial charge < -0.3 is 10.0 Å². The molecule has 1 N–H and O–H groups in total. The van der Waals surface area contributed by atoms with E-state index in [9.17, 15) is 9.59 Å². The molecule has 74 valence electrons. The van der Waals surface area contributed by atoms with Gasteiger partial charge in [0.1, 0.15) is 11.9 Å². The molecule has 4 heteroatoms. The maximum absolute atomic E-state index is 11.3. The number of aliphatic hydroxyl groups is 1. The third-order valence-corrected chi connectivity index (χ3v) is 2.34. The fraction of sp³-hybridized carbons (Fsp3) is 0.778. The Kier molecular flexibility index (Phi) is 3.03. The van der Waals surface area contributed by atoms with Gasteiger partial charge in [0.25, 0.3) is 5.91 Å². The van der Waals surface area contributed by atoms with Crippen LogP contribution >= 0.6 is 0 Å². The van der Waals surface area contributed by atoms with Crippen molar-refractivity contribution in [3.63, 3.8) is 0 Å². The molecule has 0 saturated carbocycles. The molecule has 1 amide bonds. The van der Waals surface area contributed by atoms with Crippen LogP contribution in [0.25, 0.3) is 0 Å². The number of nitrogens with zero attached hydrogens (tertiary/aromatic N) is 1. The van der Waals surface area contributed by atoms with Gasteiger partial charge in [-0.05, 0) is 6.92 Å². The number of Topliss-reactive ketones (excluding diaryl/α,β-unsaturated/α-hetero) is 1. The van der Waals surface area contributed by atoms with Crippen molar-refractivity contribution in [3.8, 4) is 0 Å². The van der Waals surface area contributed by atoms with Crippen molar-refractivity contribution >= 4 is 11.7 Å². The summed E-state index contributed by atoms with van der Waals surface area (Å²) in [6, 6.07) is 0. The molecule has 1 unspecified atom stereocenters. The molecule has 13 heavy (non-hydrogen) atoms. The van der Waals surface area contributed by atoms with E-state index in [1.54, 1.807) is 4.90 Å². The zero-order chi connectivity index (χ0) is 10.0. The average Bonchev–Trinajstić information content (AvgIpc) is 2.08. The summed E-state index contributed by atoms with van der Waals surface area (Å²) in [4.78, 5) is 24.0. The van der Waals surface area contributed by atoms with Crippen molar-refractivity contribution in [2.45, 2.75) is 26.4 Å². The third-order valence-electron chi connectivity index (χ3n) is 2.34. The lowest BCUT2D eigenvalue weighted by Gasteiger charge is -2.30. The number of carbonyl (C=O) groups is 2. The van der Waals surface area contributed by atoms with Crippen LogP contribution in [0.4, 0.5) is 0 Å². The SMILES string of the molecule is CC1CN(C(=O)[C@@H](C)O)CCC1=O. The Morgan fingerprint density at radius 2 is 2.31 bits per heavy atom. The Balaban J connectivity index is 2.55. The van der Waals surface area contributed by atoms with E-state index in [-0.39, 0.29) is 17.6 Å². The Morgan fingerprint density at radius 3 is 2.77 bits per heavy atom. The van der Waals surface area contributed by atoms with Crippen LogP contribution in [0, 0.1) is 5.92 Å². The minimum absolute atomic E-state index is 0.0866. The summed E-state index contributed by atoms with van der Waals surface area (Å²) >= 11 is 0. The first kappa shape index (κ1) is 10.2. The highest BCUT2D eigenvalue weighted by molar-refractivity contribution is 5.86. The number of amides is 1. The molecule has 0 aliphatic carbocycles. The highest BCUT2D eigenvalue weighted by atomic mass is 16.3. The van der Waals surface area contributed by atoms with E-state index in [1.807, 2.05) is 6.92 Å². The van der Waals surface area contributed by atoms with Crippen molar-refractivity contribution in [1.29, 1.82) is 0 Å². The number of hydrogen-bond acceptors (Lipinski definition) is 3. The lowest BCUT2D eigenvalue weighted by atomic mass is 9.98. The molecule has 0 aromatic carbocycles. The van der Waals surface area contributed by atoms with Crippen LogP contribution in [0.5, 0.6) is 0 Å². The molecule has 1 rings (SSSR count). The van der Waals surface area contributed by atoms with Gasteiger partial charge in [-0.25, -0.2) is 0 Å². The molecule has 4 nitrogen and oxygen atoms in total. The lowest BCUT2D eigenvalue weighted by Crippen LogP contribution is -2.46. The van der Waals surface area contributed by atoms with Crippen LogP contribution in [0.2, 0.25) is 0 Å². The monoisotopic (exact) mass is 185 g/mol. The second-order valence-electron chi connectivity index (χ2n) is 3.58. The predicted octanol–water partition coefficient (Wildman–Crippen LogP) is -0.195. The number of piperidine rings is 1. The Morgan fingerprint density at radius 1 is 1.69 bits per heavy atom. The standard InChI is InChI=1S/C9H15NO3/c1-6-5-10(4-3-8(6)12)9(13)7(2)11/h6-7,11H,3-5H2,1-2H3/t6?,7-/m1/s1. The molecular formula is C9H15NO3. The maximum atomic E-state index is 11.3. The number of hydrogen-bond donors (Lipinski definition) is 1. The van der Waals surface area contributed by atoms with Crippen molar-refractivity contribution in [2.75, 3.05) is 13.1 Å². The molecule has 1 fully saturated rings. The van der Waals surface area contributed by atoms with Gasteiger partial charge in [0.2, 0.25) is 0 Å². The minimum Gasteiger partial charge on any atom is -0.384 e. The molecule has 0 spiro atoms. The van der Waals surface area contributed by atoms with E-state index in [4.69, 9.17) is 5.11 Å². The van der Waals surface area contributed by atoms with Crippen LogP contribution in [0.3, 0.4) is 0 Å². The first-order valence-corrected chi connectivity index (χ1v) is 4.52. The molecule has 0 bridgehead atoms. The number of carbonyl (C=O) groups excluding carboxylic acids is 2. The largest absolute Gasteiger partial charge is 0.384 e. The molecule has 0 aromatic rings. The molecule has 1 saturated heterocycles. The van der Waals surface area contributed by atoms with Gasteiger partial charge in [-0.15, -0.1) is 0 Å². The van der Waals surface area contributed by atoms with Gasteiger partial charge in [0.05, 0.1) is 0 Å². The van der Waals surface area contributed by atoms with E-state index in [2.05, 4.69) is 0 Å². The van der Waals surface area contributed by atoms with Gasteiger partial charge in [-0.3, -0.25) is 9.59 Å². The molecule has 1 aliphatic rings. The first-order valence-electron chi connectivity index (χ1n) is 4.52. The Labute approximate surface area is 77.5 Å². The summed E-state index contributed by atoms with van der Waals surface area (Å²) in [6.45, 7) is 4.16. The molecule has 0 aromatic heterocycles. The average molecular weight is 185 g/mol. The van der Waals surface area contributed by atoms with Gasteiger partial charge >= 0.3 is 0 Å². The van der Waals surface area contributed by atoms with Crippen molar-refractivity contribution in [1.82, 2.24) is 4.90 Å². The predicted molar refractivity (Wildman–Crippen MR) is 47.0 cm³/mol. The fourth-order valence-electron chi connectivity index (χ4n) is 1.48. The van der Waals surface area contributed by atoms with Crippen LogP contribution < -0.4 is 0 Å². The highest BCUT2D eigenvalue weighted by Crippen LogP contribution is 2.12. The third kappa shape index (κ3) is 2.28. The number of aliphatic hydroxyl groups excluding tert-OH is 1. The zero-order valence-corrected chi connectivity index (χ0v) is 7.99. The quantitative estimate of drug-likeness (QED) is 0.615. The van der Waals surface area contributed by atoms with Crippen LogP contribution in [-0.2, 0) is 9.59 Å². The van der Waals surface area contributed by atoms with Crippen molar-refractivity contribution < 1.29 is 14.7 Å². The van der Waals surface area contributed by atoms with Crippen molar-refractivity contribution in [2.24, 2.45) is 5.92 Å². The van der Waals surface area contributed by atoms with E-state index >= 15 is 0 Å².